The van der Waals surface area contributed by atoms with Gasteiger partial charge in [-0.1, -0.05) is 12.1 Å². The SMILES string of the molecule is Cc1cc(CN(CC2COc3ccccc3O2)C(=O)c2sc(C)nc2C)n(C)n1. The summed E-state index contributed by atoms with van der Waals surface area (Å²) in [7, 11) is 1.89. The number of fused-ring (bicyclic) bond motifs is 1. The van der Waals surface area contributed by atoms with Gasteiger partial charge in [-0.3, -0.25) is 9.48 Å². The Bertz CT molecular complexity index is 1040. The molecule has 1 atom stereocenters. The molecule has 3 aromatic rings. The van der Waals surface area contributed by atoms with Crippen LogP contribution in [0.5, 0.6) is 11.5 Å². The highest BCUT2D eigenvalue weighted by molar-refractivity contribution is 7.13. The maximum atomic E-state index is 13.4. The Hall–Kier alpha value is -2.87. The molecule has 7 nitrogen and oxygen atoms in total. The van der Waals surface area contributed by atoms with Gasteiger partial charge in [0.05, 0.1) is 35.2 Å². The first kappa shape index (κ1) is 19.4. The number of para-hydroxylation sites is 2. The average Bonchev–Trinajstić information content (AvgIpc) is 3.20. The van der Waals surface area contributed by atoms with E-state index in [9.17, 15) is 4.79 Å². The van der Waals surface area contributed by atoms with Gasteiger partial charge in [0.15, 0.2) is 17.6 Å². The number of aryl methyl sites for hydroxylation is 4. The summed E-state index contributed by atoms with van der Waals surface area (Å²) in [6, 6.07) is 9.59. The summed E-state index contributed by atoms with van der Waals surface area (Å²) in [4.78, 5) is 20.3. The van der Waals surface area contributed by atoms with E-state index in [1.165, 1.54) is 11.3 Å². The second-order valence-electron chi connectivity index (χ2n) is 7.23. The van der Waals surface area contributed by atoms with E-state index in [0.717, 1.165) is 27.8 Å². The van der Waals surface area contributed by atoms with Crippen molar-refractivity contribution in [1.82, 2.24) is 19.7 Å². The van der Waals surface area contributed by atoms with Crippen LogP contribution in [0.25, 0.3) is 0 Å². The van der Waals surface area contributed by atoms with Crippen molar-refractivity contribution in [2.24, 2.45) is 7.05 Å². The molecule has 0 saturated carbocycles. The summed E-state index contributed by atoms with van der Waals surface area (Å²) in [5.74, 6) is 1.39. The molecule has 4 rings (SSSR count). The highest BCUT2D eigenvalue weighted by atomic mass is 32.1. The minimum Gasteiger partial charge on any atom is -0.486 e. The second kappa shape index (κ2) is 7.87. The zero-order chi connectivity index (χ0) is 20.5. The van der Waals surface area contributed by atoms with Gasteiger partial charge in [0, 0.05) is 7.05 Å². The summed E-state index contributed by atoms with van der Waals surface area (Å²) in [6.07, 6.45) is -0.252. The van der Waals surface area contributed by atoms with E-state index in [1.807, 2.05) is 62.8 Å². The van der Waals surface area contributed by atoms with E-state index in [2.05, 4.69) is 10.1 Å². The van der Waals surface area contributed by atoms with Gasteiger partial charge in [-0.25, -0.2) is 4.98 Å². The van der Waals surface area contributed by atoms with Crippen molar-refractivity contribution in [2.45, 2.75) is 33.4 Å². The number of hydrogen-bond acceptors (Lipinski definition) is 6. The molecule has 0 saturated heterocycles. The van der Waals surface area contributed by atoms with Gasteiger partial charge in [-0.2, -0.15) is 5.10 Å². The van der Waals surface area contributed by atoms with E-state index in [0.29, 0.717) is 30.3 Å². The lowest BCUT2D eigenvalue weighted by molar-refractivity contribution is 0.0441. The highest BCUT2D eigenvalue weighted by Gasteiger charge is 2.28. The quantitative estimate of drug-likeness (QED) is 0.643. The fourth-order valence-corrected chi connectivity index (χ4v) is 4.39. The third kappa shape index (κ3) is 4.12. The number of hydrogen-bond donors (Lipinski definition) is 0. The van der Waals surface area contributed by atoms with Crippen LogP contribution in [0.1, 0.15) is 31.8 Å². The van der Waals surface area contributed by atoms with Crippen LogP contribution in [-0.2, 0) is 13.6 Å². The van der Waals surface area contributed by atoms with E-state index in [-0.39, 0.29) is 12.0 Å². The average molecular weight is 413 g/mol. The van der Waals surface area contributed by atoms with Crippen LogP contribution in [-0.4, -0.2) is 44.8 Å². The number of carbonyl (C=O) groups is 1. The predicted molar refractivity (Wildman–Crippen MR) is 111 cm³/mol. The molecule has 0 fully saturated rings. The maximum absolute atomic E-state index is 13.4. The topological polar surface area (TPSA) is 69.5 Å². The minimum absolute atomic E-state index is 0.0468. The molecule has 1 unspecified atom stereocenters. The first-order chi connectivity index (χ1) is 13.9. The number of carbonyl (C=O) groups excluding carboxylic acids is 1. The van der Waals surface area contributed by atoms with Crippen LogP contribution >= 0.6 is 11.3 Å². The van der Waals surface area contributed by atoms with Gasteiger partial charge in [0.1, 0.15) is 11.5 Å². The van der Waals surface area contributed by atoms with Crippen molar-refractivity contribution < 1.29 is 14.3 Å². The largest absolute Gasteiger partial charge is 0.486 e. The lowest BCUT2D eigenvalue weighted by Gasteiger charge is -2.31. The summed E-state index contributed by atoms with van der Waals surface area (Å²) in [5, 5.41) is 5.29. The van der Waals surface area contributed by atoms with Gasteiger partial charge < -0.3 is 14.4 Å². The fraction of sp³-hybridized carbons (Fsp3) is 0.381. The van der Waals surface area contributed by atoms with Crippen LogP contribution in [0.15, 0.2) is 30.3 Å². The van der Waals surface area contributed by atoms with Crippen molar-refractivity contribution in [3.63, 3.8) is 0 Å². The number of benzene rings is 1. The molecule has 0 radical (unpaired) electrons. The van der Waals surface area contributed by atoms with Gasteiger partial charge >= 0.3 is 0 Å². The summed E-state index contributed by atoms with van der Waals surface area (Å²) in [5.41, 5.74) is 2.65. The van der Waals surface area contributed by atoms with E-state index in [4.69, 9.17) is 9.47 Å². The minimum atomic E-state index is -0.252. The van der Waals surface area contributed by atoms with Gasteiger partial charge in [-0.05, 0) is 39.0 Å². The molecule has 0 aliphatic carbocycles. The van der Waals surface area contributed by atoms with E-state index >= 15 is 0 Å². The smallest absolute Gasteiger partial charge is 0.266 e. The lowest BCUT2D eigenvalue weighted by atomic mass is 10.2. The highest BCUT2D eigenvalue weighted by Crippen LogP contribution is 2.31. The Morgan fingerprint density at radius 2 is 2.03 bits per heavy atom. The number of amides is 1. The van der Waals surface area contributed by atoms with Crippen LogP contribution in [0.3, 0.4) is 0 Å². The molecule has 29 heavy (non-hydrogen) atoms. The number of rotatable bonds is 5. The van der Waals surface area contributed by atoms with Crippen LogP contribution in [0.2, 0.25) is 0 Å². The summed E-state index contributed by atoms with van der Waals surface area (Å²) < 4.78 is 13.8. The molecule has 1 amide bonds. The third-order valence-electron chi connectivity index (χ3n) is 4.83. The number of aromatic nitrogens is 3. The fourth-order valence-electron chi connectivity index (χ4n) is 3.50. The molecule has 0 spiro atoms. The first-order valence-electron chi connectivity index (χ1n) is 9.52. The third-order valence-corrected chi connectivity index (χ3v) is 5.89. The Morgan fingerprint density at radius 1 is 1.28 bits per heavy atom. The molecule has 1 aromatic carbocycles. The second-order valence-corrected chi connectivity index (χ2v) is 8.43. The van der Waals surface area contributed by atoms with Crippen molar-refractivity contribution in [3.8, 4) is 11.5 Å². The molecule has 0 N–H and O–H groups in total. The molecule has 1 aliphatic heterocycles. The van der Waals surface area contributed by atoms with Crippen LogP contribution < -0.4 is 9.47 Å². The zero-order valence-corrected chi connectivity index (χ0v) is 17.8. The van der Waals surface area contributed by atoms with E-state index in [1.54, 1.807) is 4.90 Å². The number of nitrogens with zero attached hydrogens (tertiary/aromatic N) is 4. The van der Waals surface area contributed by atoms with E-state index < -0.39 is 0 Å². The Labute approximate surface area is 173 Å². The summed E-state index contributed by atoms with van der Waals surface area (Å²) >= 11 is 1.42. The Balaban J connectivity index is 1.59. The molecular weight excluding hydrogens is 388 g/mol. The van der Waals surface area contributed by atoms with Crippen molar-refractivity contribution in [2.75, 3.05) is 13.2 Å². The molecule has 8 heteroatoms. The first-order valence-corrected chi connectivity index (χ1v) is 10.3. The molecule has 0 bridgehead atoms. The Kier molecular flexibility index (Phi) is 5.27. The number of thiazole rings is 1. The lowest BCUT2D eigenvalue weighted by Crippen LogP contribution is -2.43. The van der Waals surface area contributed by atoms with Gasteiger partial charge in [-0.15, -0.1) is 11.3 Å². The van der Waals surface area contributed by atoms with Gasteiger partial charge in [0.25, 0.3) is 5.91 Å². The number of ether oxygens (including phenoxy) is 2. The Morgan fingerprint density at radius 3 is 2.69 bits per heavy atom. The van der Waals surface area contributed by atoms with Gasteiger partial charge in [0.2, 0.25) is 0 Å². The van der Waals surface area contributed by atoms with Crippen molar-refractivity contribution >= 4 is 17.2 Å². The van der Waals surface area contributed by atoms with Crippen LogP contribution in [0, 0.1) is 20.8 Å². The van der Waals surface area contributed by atoms with Crippen molar-refractivity contribution in [1.29, 1.82) is 0 Å². The summed E-state index contributed by atoms with van der Waals surface area (Å²) in [6.45, 7) is 6.98. The molecule has 152 valence electrons. The maximum Gasteiger partial charge on any atom is 0.266 e. The predicted octanol–water partition coefficient (Wildman–Crippen LogP) is 3.28. The van der Waals surface area contributed by atoms with Crippen LogP contribution in [0.4, 0.5) is 0 Å². The monoisotopic (exact) mass is 412 g/mol. The molecular formula is C21H24N4O3S. The molecule has 3 heterocycles. The standard InChI is InChI=1S/C21H24N4O3S/c1-13-9-16(24(4)23-13)10-25(21(26)20-14(2)22-15(3)29-20)11-17-12-27-18-7-5-6-8-19(18)28-17/h5-9,17H,10-12H2,1-4H3. The molecule has 1 aliphatic rings. The normalized spacial score (nSPS) is 15.4. The zero-order valence-electron chi connectivity index (χ0n) is 17.0. The molecule has 2 aromatic heterocycles. The van der Waals surface area contributed by atoms with Crippen molar-refractivity contribution in [3.05, 3.63) is 57.3 Å².